The largest absolute Gasteiger partial charge is 0.437 e. The average molecular weight is 485 g/mol. The average Bonchev–Trinajstić information content (AvgIpc) is 3.27. The van der Waals surface area contributed by atoms with E-state index < -0.39 is 0 Å². The lowest BCUT2D eigenvalue weighted by molar-refractivity contribution is 0.145. The van der Waals surface area contributed by atoms with Crippen molar-refractivity contribution in [3.63, 3.8) is 0 Å². The summed E-state index contributed by atoms with van der Waals surface area (Å²) >= 11 is 0. The Morgan fingerprint density at radius 1 is 1.03 bits per heavy atom. The minimum Gasteiger partial charge on any atom is -0.437 e. The van der Waals surface area contributed by atoms with Gasteiger partial charge in [0.05, 0.1) is 6.10 Å². The molecule has 1 saturated carbocycles. The molecule has 1 aliphatic carbocycles. The quantitative estimate of drug-likeness (QED) is 0.436. The predicted octanol–water partition coefficient (Wildman–Crippen LogP) is 4.42. The molecule has 2 aliphatic rings. The summed E-state index contributed by atoms with van der Waals surface area (Å²) in [6, 6.07) is 18.4. The van der Waals surface area contributed by atoms with Crippen LogP contribution in [0.3, 0.4) is 0 Å². The molecule has 2 N–H and O–H groups in total. The van der Waals surface area contributed by atoms with E-state index in [4.69, 9.17) is 9.40 Å². The van der Waals surface area contributed by atoms with Gasteiger partial charge in [0, 0.05) is 36.8 Å². The highest BCUT2D eigenvalue weighted by molar-refractivity contribution is 6.00. The fourth-order valence-corrected chi connectivity index (χ4v) is 5.71. The lowest BCUT2D eigenvalue weighted by atomic mass is 9.72. The van der Waals surface area contributed by atoms with Gasteiger partial charge in [0.2, 0.25) is 11.7 Å². The van der Waals surface area contributed by atoms with E-state index in [0.717, 1.165) is 29.5 Å². The third-order valence-corrected chi connectivity index (χ3v) is 8.10. The first-order valence-electron chi connectivity index (χ1n) is 12.8. The number of hydrogen-bond donors (Lipinski definition) is 2. The first-order valence-corrected chi connectivity index (χ1v) is 12.8. The van der Waals surface area contributed by atoms with E-state index in [1.807, 2.05) is 37.4 Å². The van der Waals surface area contributed by atoms with Gasteiger partial charge >= 0.3 is 0 Å². The van der Waals surface area contributed by atoms with E-state index in [9.17, 15) is 9.90 Å². The number of benzene rings is 2. The van der Waals surface area contributed by atoms with Crippen LogP contribution in [-0.4, -0.2) is 40.9 Å². The molecule has 0 bridgehead atoms. The zero-order chi connectivity index (χ0) is 24.9. The van der Waals surface area contributed by atoms with Gasteiger partial charge in [-0.3, -0.25) is 9.36 Å². The van der Waals surface area contributed by atoms with Gasteiger partial charge in [-0.05, 0) is 50.3 Å². The monoisotopic (exact) mass is 484 g/mol. The van der Waals surface area contributed by atoms with Crippen LogP contribution < -0.4 is 15.8 Å². The molecule has 0 unspecified atom stereocenters. The van der Waals surface area contributed by atoms with Crippen molar-refractivity contribution >= 4 is 17.0 Å². The number of aliphatic hydroxyl groups is 1. The van der Waals surface area contributed by atoms with Crippen molar-refractivity contribution in [2.45, 2.75) is 43.7 Å². The highest BCUT2D eigenvalue weighted by Gasteiger charge is 2.37. The number of piperidine rings is 1. The molecule has 0 spiro atoms. The minimum atomic E-state index is -0.299. The molecular weight excluding hydrogens is 452 g/mol. The lowest BCUT2D eigenvalue weighted by Gasteiger charge is -2.42. The van der Waals surface area contributed by atoms with Crippen LogP contribution in [0, 0.1) is 0 Å². The third kappa shape index (κ3) is 3.65. The first-order chi connectivity index (χ1) is 17.5. The van der Waals surface area contributed by atoms with Crippen molar-refractivity contribution in [1.29, 1.82) is 0 Å². The number of furan rings is 1. The Kier molecular flexibility index (Phi) is 5.69. The van der Waals surface area contributed by atoms with Gasteiger partial charge in [-0.1, -0.05) is 54.6 Å². The van der Waals surface area contributed by atoms with Crippen LogP contribution in [0.4, 0.5) is 5.95 Å². The first kappa shape index (κ1) is 23.0. The van der Waals surface area contributed by atoms with E-state index in [2.05, 4.69) is 34.5 Å². The van der Waals surface area contributed by atoms with Crippen LogP contribution in [0.25, 0.3) is 33.6 Å². The number of nitrogens with one attached hydrogen (secondary N) is 1. The predicted molar refractivity (Wildman–Crippen MR) is 142 cm³/mol. The Hall–Kier alpha value is -3.42. The molecule has 1 saturated heterocycles. The van der Waals surface area contributed by atoms with Crippen molar-refractivity contribution in [2.24, 2.45) is 7.05 Å². The fourth-order valence-electron chi connectivity index (χ4n) is 5.71. The van der Waals surface area contributed by atoms with Gasteiger partial charge in [-0.25, -0.2) is 0 Å². The van der Waals surface area contributed by atoms with Crippen LogP contribution >= 0.6 is 0 Å². The summed E-state index contributed by atoms with van der Waals surface area (Å²) in [6.07, 6.45) is 4.53. The number of fused-ring (bicyclic) bond motifs is 1. The summed E-state index contributed by atoms with van der Waals surface area (Å²) in [6.45, 7) is 1.31. The SMILES string of the molecule is CNC1(c2ccc(-c3oc4nc(N5CCC(O)CC5)n(C)c(=O)c4c3-c3ccccc3)cc2)CCC1. The highest BCUT2D eigenvalue weighted by Crippen LogP contribution is 2.43. The molecular formula is C29H32N4O3. The van der Waals surface area contributed by atoms with Gasteiger partial charge in [0.25, 0.3) is 5.56 Å². The summed E-state index contributed by atoms with van der Waals surface area (Å²) < 4.78 is 8.02. The summed E-state index contributed by atoms with van der Waals surface area (Å²) in [7, 11) is 3.79. The normalized spacial score (nSPS) is 17.9. The summed E-state index contributed by atoms with van der Waals surface area (Å²) in [5.74, 6) is 1.24. The van der Waals surface area contributed by atoms with Crippen LogP contribution in [0.15, 0.2) is 63.8 Å². The van der Waals surface area contributed by atoms with E-state index in [0.29, 0.717) is 48.7 Å². The van der Waals surface area contributed by atoms with Crippen molar-refractivity contribution in [2.75, 3.05) is 25.0 Å². The van der Waals surface area contributed by atoms with Gasteiger partial charge in [0.15, 0.2) is 0 Å². The topological polar surface area (TPSA) is 83.5 Å². The Morgan fingerprint density at radius 3 is 2.33 bits per heavy atom. The number of aromatic nitrogens is 2. The molecule has 7 nitrogen and oxygen atoms in total. The summed E-state index contributed by atoms with van der Waals surface area (Å²) in [4.78, 5) is 20.6. The second-order valence-electron chi connectivity index (χ2n) is 10.1. The molecule has 7 heteroatoms. The van der Waals surface area contributed by atoms with Crippen LogP contribution in [0.5, 0.6) is 0 Å². The molecule has 2 aromatic carbocycles. The van der Waals surface area contributed by atoms with Crippen LogP contribution in [0.2, 0.25) is 0 Å². The minimum absolute atomic E-state index is 0.0586. The zero-order valence-corrected chi connectivity index (χ0v) is 20.8. The Morgan fingerprint density at radius 2 is 1.72 bits per heavy atom. The maximum atomic E-state index is 13.7. The molecule has 2 fully saturated rings. The van der Waals surface area contributed by atoms with Crippen molar-refractivity contribution in [3.8, 4) is 22.5 Å². The third-order valence-electron chi connectivity index (χ3n) is 8.10. The second-order valence-corrected chi connectivity index (χ2v) is 10.1. The van der Waals surface area contributed by atoms with Gasteiger partial charge in [0.1, 0.15) is 11.1 Å². The molecule has 4 aromatic rings. The Balaban J connectivity index is 1.51. The number of anilines is 1. The number of nitrogens with zero attached hydrogens (tertiary/aromatic N) is 3. The molecule has 36 heavy (non-hydrogen) atoms. The molecule has 2 aromatic heterocycles. The number of hydrogen-bond acceptors (Lipinski definition) is 6. The standard InChI is InChI=1S/C29H32N4O3/c1-30-29(15-6-16-29)21-11-9-20(10-12-21)25-23(19-7-4-3-5-8-19)24-26(36-25)31-28(32(2)27(24)35)33-17-13-22(34)14-18-33/h3-5,7-12,22,30,34H,6,13-18H2,1-2H3. The van der Waals surface area contributed by atoms with Crippen LogP contribution in [-0.2, 0) is 12.6 Å². The number of aliphatic hydroxyl groups excluding tert-OH is 1. The lowest BCUT2D eigenvalue weighted by Crippen LogP contribution is -2.45. The molecule has 6 rings (SSSR count). The molecule has 0 amide bonds. The maximum Gasteiger partial charge on any atom is 0.266 e. The smallest absolute Gasteiger partial charge is 0.266 e. The summed E-state index contributed by atoms with van der Waals surface area (Å²) in [5, 5.41) is 13.9. The molecule has 0 radical (unpaired) electrons. The molecule has 3 heterocycles. The van der Waals surface area contributed by atoms with E-state index >= 15 is 0 Å². The van der Waals surface area contributed by atoms with E-state index in [1.165, 1.54) is 12.0 Å². The Bertz CT molecular complexity index is 1440. The van der Waals surface area contributed by atoms with Crippen molar-refractivity contribution < 1.29 is 9.52 Å². The number of rotatable bonds is 5. The van der Waals surface area contributed by atoms with Gasteiger partial charge < -0.3 is 19.7 Å². The fraction of sp³-hybridized carbons (Fsp3) is 0.379. The Labute approximate surface area is 210 Å². The molecule has 186 valence electrons. The van der Waals surface area contributed by atoms with E-state index in [-0.39, 0.29) is 17.2 Å². The summed E-state index contributed by atoms with van der Waals surface area (Å²) in [5.41, 5.74) is 4.18. The van der Waals surface area contributed by atoms with Crippen molar-refractivity contribution in [1.82, 2.24) is 14.9 Å². The zero-order valence-electron chi connectivity index (χ0n) is 20.8. The van der Waals surface area contributed by atoms with Crippen LogP contribution in [0.1, 0.15) is 37.7 Å². The van der Waals surface area contributed by atoms with Gasteiger partial charge in [-0.2, -0.15) is 4.98 Å². The second kappa shape index (κ2) is 8.91. The molecule has 1 aliphatic heterocycles. The molecule has 0 atom stereocenters. The van der Waals surface area contributed by atoms with Crippen molar-refractivity contribution in [3.05, 3.63) is 70.5 Å². The maximum absolute atomic E-state index is 13.7. The van der Waals surface area contributed by atoms with E-state index in [1.54, 1.807) is 11.6 Å². The van der Waals surface area contributed by atoms with Gasteiger partial charge in [-0.15, -0.1) is 0 Å². The highest BCUT2D eigenvalue weighted by atomic mass is 16.3.